The molecule has 1 aliphatic carbocycles. The Bertz CT molecular complexity index is 493. The molecule has 17 heavy (non-hydrogen) atoms. The zero-order valence-corrected chi connectivity index (χ0v) is 9.45. The molecule has 1 aromatic rings. The Morgan fingerprint density at radius 2 is 2.29 bits per heavy atom. The van der Waals surface area contributed by atoms with Crippen molar-refractivity contribution >= 4 is 0 Å². The second kappa shape index (κ2) is 4.24. The quantitative estimate of drug-likeness (QED) is 0.844. The molecular formula is C14H14FNO. The summed E-state index contributed by atoms with van der Waals surface area (Å²) in [7, 11) is 0. The number of benzene rings is 1. The molecule has 3 heteroatoms. The predicted molar refractivity (Wildman–Crippen MR) is 64.2 cm³/mol. The molecule has 2 aliphatic rings. The van der Waals surface area contributed by atoms with Crippen molar-refractivity contribution < 1.29 is 9.13 Å². The van der Waals surface area contributed by atoms with Gasteiger partial charge in [-0.3, -0.25) is 0 Å². The van der Waals surface area contributed by atoms with Gasteiger partial charge in [-0.05, 0) is 25.0 Å². The van der Waals surface area contributed by atoms with Gasteiger partial charge in [0.1, 0.15) is 18.2 Å². The van der Waals surface area contributed by atoms with Crippen molar-refractivity contribution in [3.8, 4) is 5.75 Å². The lowest BCUT2D eigenvalue weighted by Crippen LogP contribution is -2.22. The molecule has 1 aliphatic heterocycles. The summed E-state index contributed by atoms with van der Waals surface area (Å²) in [4.78, 5) is 0. The smallest absolute Gasteiger partial charge is 0.127 e. The summed E-state index contributed by atoms with van der Waals surface area (Å²) in [5.74, 6) is 0.415. The lowest BCUT2D eigenvalue weighted by molar-refractivity contribution is 0.317. The summed E-state index contributed by atoms with van der Waals surface area (Å²) in [6.07, 6.45) is 8.41. The zero-order valence-electron chi connectivity index (χ0n) is 9.45. The molecule has 88 valence electrons. The van der Waals surface area contributed by atoms with Crippen LogP contribution in [0.1, 0.15) is 24.4 Å². The van der Waals surface area contributed by atoms with Crippen molar-refractivity contribution in [2.24, 2.45) is 0 Å². The molecule has 0 bridgehead atoms. The maximum Gasteiger partial charge on any atom is 0.127 e. The highest BCUT2D eigenvalue weighted by Crippen LogP contribution is 2.33. The second-order valence-electron chi connectivity index (χ2n) is 4.35. The van der Waals surface area contributed by atoms with Crippen LogP contribution in [0, 0.1) is 5.82 Å². The highest BCUT2D eigenvalue weighted by molar-refractivity contribution is 5.40. The van der Waals surface area contributed by atoms with E-state index < -0.39 is 0 Å². The predicted octanol–water partition coefficient (Wildman–Crippen LogP) is 3.08. The van der Waals surface area contributed by atoms with Gasteiger partial charge in [-0.2, -0.15) is 0 Å². The van der Waals surface area contributed by atoms with E-state index in [0.717, 1.165) is 18.4 Å². The molecule has 0 amide bonds. The third-order valence-electron chi connectivity index (χ3n) is 3.13. The first-order chi connectivity index (χ1) is 8.33. The van der Waals surface area contributed by atoms with E-state index in [2.05, 4.69) is 23.5 Å². The zero-order chi connectivity index (χ0) is 11.7. The average molecular weight is 231 g/mol. The minimum atomic E-state index is -0.246. The van der Waals surface area contributed by atoms with Gasteiger partial charge in [-0.1, -0.05) is 18.2 Å². The average Bonchev–Trinajstić information content (AvgIpc) is 2.73. The van der Waals surface area contributed by atoms with Gasteiger partial charge in [0.15, 0.2) is 0 Å². The van der Waals surface area contributed by atoms with Crippen molar-refractivity contribution in [2.45, 2.75) is 18.9 Å². The number of hydrogen-bond donors (Lipinski definition) is 1. The molecule has 0 saturated heterocycles. The first-order valence-electron chi connectivity index (χ1n) is 5.87. The lowest BCUT2D eigenvalue weighted by Gasteiger charge is -2.17. The second-order valence-corrected chi connectivity index (χ2v) is 4.35. The van der Waals surface area contributed by atoms with Crippen molar-refractivity contribution in [3.05, 3.63) is 53.5 Å². The van der Waals surface area contributed by atoms with Crippen LogP contribution in [0.5, 0.6) is 5.75 Å². The molecule has 1 N–H and O–H groups in total. The molecule has 0 spiro atoms. The van der Waals surface area contributed by atoms with Gasteiger partial charge in [0.2, 0.25) is 0 Å². The van der Waals surface area contributed by atoms with E-state index in [4.69, 9.17) is 4.74 Å². The highest BCUT2D eigenvalue weighted by atomic mass is 19.1. The van der Waals surface area contributed by atoms with Crippen molar-refractivity contribution in [2.75, 3.05) is 6.61 Å². The standard InChI is InChI=1S/C14H14FNO/c15-10-6-7-12-13(9-17-14(12)8-10)16-11-4-2-1-3-5-11/h1-2,4,6-8,13,16H,3,5,9H2. The monoisotopic (exact) mass is 231 g/mol. The Morgan fingerprint density at radius 1 is 1.35 bits per heavy atom. The van der Waals surface area contributed by atoms with Gasteiger partial charge >= 0.3 is 0 Å². The normalized spacial score (nSPS) is 21.7. The Hall–Kier alpha value is -1.77. The van der Waals surface area contributed by atoms with Crippen LogP contribution in [0.15, 0.2) is 42.1 Å². The van der Waals surface area contributed by atoms with Gasteiger partial charge in [-0.25, -0.2) is 4.39 Å². The fourth-order valence-electron chi connectivity index (χ4n) is 2.25. The van der Waals surface area contributed by atoms with Gasteiger partial charge in [0.25, 0.3) is 0 Å². The third kappa shape index (κ3) is 2.05. The van der Waals surface area contributed by atoms with Crippen LogP contribution < -0.4 is 10.1 Å². The summed E-state index contributed by atoms with van der Waals surface area (Å²) in [6, 6.07) is 4.88. The topological polar surface area (TPSA) is 21.3 Å². The molecule has 0 saturated carbocycles. The van der Waals surface area contributed by atoms with Crippen molar-refractivity contribution in [1.29, 1.82) is 0 Å². The summed E-state index contributed by atoms with van der Waals surface area (Å²) >= 11 is 0. The molecule has 1 aromatic carbocycles. The highest BCUT2D eigenvalue weighted by Gasteiger charge is 2.24. The van der Waals surface area contributed by atoms with Gasteiger partial charge in [0, 0.05) is 17.3 Å². The summed E-state index contributed by atoms with van der Waals surface area (Å²) in [6.45, 7) is 0.569. The number of nitrogens with one attached hydrogen (secondary N) is 1. The number of hydrogen-bond acceptors (Lipinski definition) is 2. The van der Waals surface area contributed by atoms with E-state index in [-0.39, 0.29) is 11.9 Å². The first-order valence-corrected chi connectivity index (χ1v) is 5.87. The van der Waals surface area contributed by atoms with Crippen LogP contribution >= 0.6 is 0 Å². The third-order valence-corrected chi connectivity index (χ3v) is 3.13. The minimum Gasteiger partial charge on any atom is -0.491 e. The molecule has 3 rings (SSSR count). The number of rotatable bonds is 2. The van der Waals surface area contributed by atoms with Crippen LogP contribution in [-0.2, 0) is 0 Å². The Balaban J connectivity index is 1.79. The lowest BCUT2D eigenvalue weighted by atomic mass is 10.1. The fourth-order valence-corrected chi connectivity index (χ4v) is 2.25. The molecular weight excluding hydrogens is 217 g/mol. The minimum absolute atomic E-state index is 0.142. The summed E-state index contributed by atoms with van der Waals surface area (Å²) < 4.78 is 18.5. The maximum atomic E-state index is 13.0. The van der Waals surface area contributed by atoms with Gasteiger partial charge in [-0.15, -0.1) is 0 Å². The van der Waals surface area contributed by atoms with Crippen LogP contribution in [0.25, 0.3) is 0 Å². The van der Waals surface area contributed by atoms with Crippen LogP contribution in [0.2, 0.25) is 0 Å². The van der Waals surface area contributed by atoms with Gasteiger partial charge in [0.05, 0.1) is 6.04 Å². The van der Waals surface area contributed by atoms with Gasteiger partial charge < -0.3 is 10.1 Å². The van der Waals surface area contributed by atoms with E-state index in [1.54, 1.807) is 6.07 Å². The van der Waals surface area contributed by atoms with Crippen molar-refractivity contribution in [3.63, 3.8) is 0 Å². The number of ether oxygens (including phenoxy) is 1. The van der Waals surface area contributed by atoms with E-state index in [0.29, 0.717) is 12.4 Å². The van der Waals surface area contributed by atoms with E-state index in [9.17, 15) is 4.39 Å². The molecule has 0 aromatic heterocycles. The first kappa shape index (κ1) is 10.4. The SMILES string of the molecule is Fc1ccc2c(c1)OCC2NC1=CC=CCC1. The van der Waals surface area contributed by atoms with Crippen LogP contribution in [0.4, 0.5) is 4.39 Å². The Morgan fingerprint density at radius 3 is 3.12 bits per heavy atom. The van der Waals surface area contributed by atoms with Crippen LogP contribution in [-0.4, -0.2) is 6.61 Å². The molecule has 0 radical (unpaired) electrons. The largest absolute Gasteiger partial charge is 0.491 e. The fraction of sp³-hybridized carbons (Fsp3) is 0.286. The van der Waals surface area contributed by atoms with E-state index in [1.807, 2.05) is 0 Å². The molecule has 1 heterocycles. The van der Waals surface area contributed by atoms with E-state index in [1.165, 1.54) is 17.8 Å². The number of fused-ring (bicyclic) bond motifs is 1. The maximum absolute atomic E-state index is 13.0. The van der Waals surface area contributed by atoms with Crippen molar-refractivity contribution in [1.82, 2.24) is 5.32 Å². The number of allylic oxidation sites excluding steroid dienone is 4. The Kier molecular flexibility index (Phi) is 2.59. The molecule has 0 fully saturated rings. The molecule has 1 atom stereocenters. The molecule has 1 unspecified atom stereocenters. The Labute approximate surface area is 99.8 Å². The summed E-state index contributed by atoms with van der Waals surface area (Å²) in [5.41, 5.74) is 2.26. The summed E-state index contributed by atoms with van der Waals surface area (Å²) in [5, 5.41) is 3.46. The molecule has 2 nitrogen and oxygen atoms in total. The van der Waals surface area contributed by atoms with Crippen LogP contribution in [0.3, 0.4) is 0 Å². The van der Waals surface area contributed by atoms with E-state index >= 15 is 0 Å². The number of halogens is 1.